The number of ether oxygens (including phenoxy) is 2. The molecule has 1 atom stereocenters. The molecular weight excluding hydrogens is 274 g/mol. The second-order valence-corrected chi connectivity index (χ2v) is 5.23. The van der Waals surface area contributed by atoms with Gasteiger partial charge in [0.25, 0.3) is 0 Å². The van der Waals surface area contributed by atoms with Crippen LogP contribution in [-0.2, 0) is 13.0 Å². The van der Waals surface area contributed by atoms with Gasteiger partial charge in [0, 0.05) is 0 Å². The van der Waals surface area contributed by atoms with Crippen LogP contribution in [0.4, 0.5) is 0 Å². The van der Waals surface area contributed by atoms with E-state index in [2.05, 4.69) is 13.0 Å². The molecule has 0 fully saturated rings. The van der Waals surface area contributed by atoms with E-state index in [1.807, 2.05) is 55.5 Å². The molecule has 0 radical (unpaired) electrons. The van der Waals surface area contributed by atoms with E-state index in [4.69, 9.17) is 14.7 Å². The molecule has 0 amide bonds. The molecule has 3 nitrogen and oxygen atoms in total. The highest BCUT2D eigenvalue weighted by Gasteiger charge is 2.10. The third-order valence-corrected chi connectivity index (χ3v) is 3.43. The van der Waals surface area contributed by atoms with Crippen LogP contribution in [0.5, 0.6) is 11.5 Å². The molecule has 0 saturated heterocycles. The minimum atomic E-state index is 0.126. The number of rotatable bonds is 7. The number of nitriles is 1. The van der Waals surface area contributed by atoms with Gasteiger partial charge >= 0.3 is 0 Å². The summed E-state index contributed by atoms with van der Waals surface area (Å²) in [6, 6.07) is 17.9. The molecule has 0 heterocycles. The van der Waals surface area contributed by atoms with Crippen LogP contribution >= 0.6 is 0 Å². The third-order valence-electron chi connectivity index (χ3n) is 3.43. The summed E-state index contributed by atoms with van der Waals surface area (Å²) in [5.41, 5.74) is 2.03. The summed E-state index contributed by atoms with van der Waals surface area (Å²) in [7, 11) is 0. The van der Waals surface area contributed by atoms with Gasteiger partial charge in [-0.15, -0.1) is 0 Å². The highest BCUT2D eigenvalue weighted by Crippen LogP contribution is 2.30. The molecule has 0 aliphatic rings. The van der Waals surface area contributed by atoms with E-state index in [1.165, 1.54) is 0 Å². The first kappa shape index (κ1) is 15.9. The van der Waals surface area contributed by atoms with Crippen molar-refractivity contribution in [3.8, 4) is 17.6 Å². The molecule has 0 N–H and O–H groups in total. The Labute approximate surface area is 132 Å². The quantitative estimate of drug-likeness (QED) is 0.754. The summed E-state index contributed by atoms with van der Waals surface area (Å²) in [5.74, 6) is 1.42. The summed E-state index contributed by atoms with van der Waals surface area (Å²) in [4.78, 5) is 0. The lowest BCUT2D eigenvalue weighted by atomic mass is 10.1. The molecule has 22 heavy (non-hydrogen) atoms. The van der Waals surface area contributed by atoms with Gasteiger partial charge in [0.05, 0.1) is 18.6 Å². The normalized spacial score (nSPS) is 11.5. The van der Waals surface area contributed by atoms with Gasteiger partial charge < -0.3 is 9.47 Å². The van der Waals surface area contributed by atoms with Crippen molar-refractivity contribution in [1.82, 2.24) is 0 Å². The Morgan fingerprint density at radius 2 is 1.82 bits per heavy atom. The molecule has 0 aromatic heterocycles. The van der Waals surface area contributed by atoms with E-state index >= 15 is 0 Å². The second kappa shape index (κ2) is 8.09. The first-order valence-electron chi connectivity index (χ1n) is 7.56. The Bertz CT molecular complexity index is 632. The Balaban J connectivity index is 2.17. The van der Waals surface area contributed by atoms with Crippen LogP contribution in [0, 0.1) is 11.3 Å². The largest absolute Gasteiger partial charge is 0.487 e. The summed E-state index contributed by atoms with van der Waals surface area (Å²) in [6.45, 7) is 4.59. The van der Waals surface area contributed by atoms with Crippen LogP contribution in [0.25, 0.3) is 0 Å². The summed E-state index contributed by atoms with van der Waals surface area (Å²) in [6.07, 6.45) is 1.42. The minimum absolute atomic E-state index is 0.126. The van der Waals surface area contributed by atoms with E-state index in [-0.39, 0.29) is 6.10 Å². The van der Waals surface area contributed by atoms with Crippen molar-refractivity contribution in [2.75, 3.05) is 0 Å². The van der Waals surface area contributed by atoms with Crippen LogP contribution in [0.1, 0.15) is 31.4 Å². The third kappa shape index (κ3) is 4.53. The summed E-state index contributed by atoms with van der Waals surface area (Å²) < 4.78 is 11.8. The number of hydrogen-bond donors (Lipinski definition) is 0. The molecule has 2 aromatic rings. The molecule has 0 spiro atoms. The fourth-order valence-corrected chi connectivity index (χ4v) is 2.00. The van der Waals surface area contributed by atoms with E-state index < -0.39 is 0 Å². The van der Waals surface area contributed by atoms with E-state index in [1.54, 1.807) is 0 Å². The Hall–Kier alpha value is -2.47. The molecule has 2 aromatic carbocycles. The predicted molar refractivity (Wildman–Crippen MR) is 86.9 cm³/mol. The molecule has 0 bridgehead atoms. The van der Waals surface area contributed by atoms with Crippen LogP contribution in [0.3, 0.4) is 0 Å². The van der Waals surface area contributed by atoms with Gasteiger partial charge in [-0.1, -0.05) is 43.3 Å². The van der Waals surface area contributed by atoms with Crippen molar-refractivity contribution in [2.24, 2.45) is 0 Å². The fraction of sp³-hybridized carbons (Fsp3) is 0.316. The first-order chi connectivity index (χ1) is 10.7. The van der Waals surface area contributed by atoms with Gasteiger partial charge in [-0.05, 0) is 36.6 Å². The predicted octanol–water partition coefficient (Wildman–Crippen LogP) is 4.51. The molecule has 0 saturated carbocycles. The molecule has 2 rings (SSSR count). The van der Waals surface area contributed by atoms with Crippen LogP contribution in [0.2, 0.25) is 0 Å². The molecular formula is C19H21NO2. The molecule has 3 heteroatoms. The molecule has 114 valence electrons. The maximum atomic E-state index is 8.85. The first-order valence-corrected chi connectivity index (χ1v) is 7.56. The lowest BCUT2D eigenvalue weighted by Gasteiger charge is -2.17. The average Bonchev–Trinajstić information content (AvgIpc) is 2.56. The van der Waals surface area contributed by atoms with Gasteiger partial charge in [0.1, 0.15) is 6.61 Å². The van der Waals surface area contributed by atoms with E-state index in [0.717, 1.165) is 23.3 Å². The second-order valence-electron chi connectivity index (χ2n) is 5.23. The number of benzene rings is 2. The maximum absolute atomic E-state index is 8.85. The number of nitrogens with zero attached hydrogens (tertiary/aromatic N) is 1. The van der Waals surface area contributed by atoms with Crippen LogP contribution in [0.15, 0.2) is 48.5 Å². The lowest BCUT2D eigenvalue weighted by Crippen LogP contribution is -2.11. The number of hydrogen-bond acceptors (Lipinski definition) is 3. The van der Waals surface area contributed by atoms with Gasteiger partial charge in [0.2, 0.25) is 0 Å². The minimum Gasteiger partial charge on any atom is -0.487 e. The molecule has 0 aliphatic heterocycles. The fourth-order valence-electron chi connectivity index (χ4n) is 2.00. The lowest BCUT2D eigenvalue weighted by molar-refractivity contribution is 0.199. The smallest absolute Gasteiger partial charge is 0.162 e. The van der Waals surface area contributed by atoms with Crippen molar-refractivity contribution in [3.05, 3.63) is 59.7 Å². The summed E-state index contributed by atoms with van der Waals surface area (Å²) >= 11 is 0. The Morgan fingerprint density at radius 1 is 1.05 bits per heavy atom. The molecule has 0 unspecified atom stereocenters. The average molecular weight is 295 g/mol. The zero-order valence-corrected chi connectivity index (χ0v) is 13.1. The van der Waals surface area contributed by atoms with Crippen LogP contribution in [-0.4, -0.2) is 6.10 Å². The van der Waals surface area contributed by atoms with Crippen molar-refractivity contribution >= 4 is 0 Å². The van der Waals surface area contributed by atoms with Crippen molar-refractivity contribution in [2.45, 2.75) is 39.4 Å². The van der Waals surface area contributed by atoms with E-state index in [0.29, 0.717) is 18.8 Å². The van der Waals surface area contributed by atoms with Crippen LogP contribution < -0.4 is 9.47 Å². The zero-order valence-electron chi connectivity index (χ0n) is 13.1. The highest BCUT2D eigenvalue weighted by molar-refractivity contribution is 5.44. The van der Waals surface area contributed by atoms with Gasteiger partial charge in [-0.3, -0.25) is 0 Å². The van der Waals surface area contributed by atoms with Gasteiger partial charge in [-0.2, -0.15) is 5.26 Å². The summed E-state index contributed by atoms with van der Waals surface area (Å²) in [5, 5.41) is 8.85. The Kier molecular flexibility index (Phi) is 5.85. The van der Waals surface area contributed by atoms with Gasteiger partial charge in [0.15, 0.2) is 11.5 Å². The molecule has 0 aliphatic carbocycles. The van der Waals surface area contributed by atoms with E-state index in [9.17, 15) is 0 Å². The standard InChI is InChI=1S/C19H21NO2/c1-3-15(2)22-18-10-9-16(11-12-20)13-19(18)21-14-17-7-5-4-6-8-17/h4-10,13,15H,3,11,14H2,1-2H3/t15-/m1/s1. The Morgan fingerprint density at radius 3 is 2.50 bits per heavy atom. The maximum Gasteiger partial charge on any atom is 0.162 e. The SMILES string of the molecule is CC[C@@H](C)Oc1ccc(CC#N)cc1OCc1ccccc1. The topological polar surface area (TPSA) is 42.2 Å². The van der Waals surface area contributed by atoms with Crippen molar-refractivity contribution in [3.63, 3.8) is 0 Å². The monoisotopic (exact) mass is 295 g/mol. The zero-order chi connectivity index (χ0) is 15.8. The highest BCUT2D eigenvalue weighted by atomic mass is 16.5. The van der Waals surface area contributed by atoms with Gasteiger partial charge in [-0.25, -0.2) is 0 Å². The van der Waals surface area contributed by atoms with Crippen molar-refractivity contribution in [1.29, 1.82) is 5.26 Å². The van der Waals surface area contributed by atoms with Crippen molar-refractivity contribution < 1.29 is 9.47 Å².